The van der Waals surface area contributed by atoms with E-state index in [-0.39, 0.29) is 6.07 Å². The summed E-state index contributed by atoms with van der Waals surface area (Å²) >= 11 is 0. The number of hydrogen-bond acceptors (Lipinski definition) is 2. The van der Waals surface area contributed by atoms with E-state index in [2.05, 4.69) is 4.98 Å². The lowest BCUT2D eigenvalue weighted by Crippen LogP contribution is -2.09. The average Bonchev–Trinajstić information content (AvgIpc) is 2.03. The molecule has 0 unspecified atom stereocenters. The van der Waals surface area contributed by atoms with Crippen molar-refractivity contribution >= 4 is 0 Å². The smallest absolute Gasteiger partial charge is 0.227 e. The number of aromatic nitrogens is 1. The summed E-state index contributed by atoms with van der Waals surface area (Å²) in [5.74, 6) is -1.26. The molecule has 0 aliphatic heterocycles. The highest BCUT2D eigenvalue weighted by Crippen LogP contribution is 2.31. The minimum absolute atomic E-state index is 0.193. The van der Waals surface area contributed by atoms with Crippen LogP contribution >= 0.6 is 0 Å². The van der Waals surface area contributed by atoms with Gasteiger partial charge in [0.05, 0.1) is 11.1 Å². The van der Waals surface area contributed by atoms with Crippen molar-refractivity contribution < 1.29 is 17.6 Å². The van der Waals surface area contributed by atoms with Gasteiger partial charge in [0.15, 0.2) is 0 Å². The van der Waals surface area contributed by atoms with Crippen LogP contribution in [0.5, 0.6) is 0 Å². The van der Waals surface area contributed by atoms with E-state index in [0.29, 0.717) is 6.20 Å². The predicted molar refractivity (Wildman–Crippen MR) is 33.9 cm³/mol. The summed E-state index contributed by atoms with van der Waals surface area (Å²) in [5, 5.41) is 8.26. The van der Waals surface area contributed by atoms with Crippen molar-refractivity contribution in [1.29, 1.82) is 5.26 Å². The van der Waals surface area contributed by atoms with E-state index < -0.39 is 23.3 Å². The third-order valence-electron chi connectivity index (χ3n) is 1.30. The molecule has 1 aromatic heterocycles. The normalized spacial score (nSPS) is 11.0. The van der Waals surface area contributed by atoms with Crippen LogP contribution in [0.15, 0.2) is 12.3 Å². The summed E-state index contributed by atoms with van der Waals surface area (Å²) < 4.78 is 48.5. The summed E-state index contributed by atoms with van der Waals surface area (Å²) in [6.45, 7) is 0. The summed E-state index contributed by atoms with van der Waals surface area (Å²) in [6, 6.07) is 1.47. The van der Waals surface area contributed by atoms with Crippen LogP contribution < -0.4 is 0 Å². The molecule has 68 valence electrons. The Bertz CT molecular complexity index is 364. The van der Waals surface area contributed by atoms with E-state index >= 15 is 0 Å². The third kappa shape index (κ3) is 1.93. The fourth-order valence-corrected chi connectivity index (χ4v) is 0.754. The van der Waals surface area contributed by atoms with Gasteiger partial charge >= 0.3 is 6.18 Å². The van der Waals surface area contributed by atoms with Crippen LogP contribution in [0.1, 0.15) is 11.1 Å². The fourth-order valence-electron chi connectivity index (χ4n) is 0.754. The van der Waals surface area contributed by atoms with Crippen molar-refractivity contribution in [2.75, 3.05) is 0 Å². The SMILES string of the molecule is N#Cc1cnc(F)cc1C(F)(F)F. The topological polar surface area (TPSA) is 36.7 Å². The van der Waals surface area contributed by atoms with Gasteiger partial charge in [-0.05, 0) is 0 Å². The number of rotatable bonds is 0. The van der Waals surface area contributed by atoms with Crippen molar-refractivity contribution in [3.63, 3.8) is 0 Å². The molecular formula is C7H2F4N2. The van der Waals surface area contributed by atoms with Gasteiger partial charge in [0.1, 0.15) is 6.07 Å². The van der Waals surface area contributed by atoms with E-state index in [9.17, 15) is 17.6 Å². The van der Waals surface area contributed by atoms with Crippen LogP contribution in [-0.4, -0.2) is 4.98 Å². The largest absolute Gasteiger partial charge is 0.417 e. The zero-order chi connectivity index (χ0) is 10.1. The van der Waals surface area contributed by atoms with Gasteiger partial charge in [-0.1, -0.05) is 0 Å². The number of pyridine rings is 1. The highest BCUT2D eigenvalue weighted by atomic mass is 19.4. The minimum atomic E-state index is -4.73. The van der Waals surface area contributed by atoms with Gasteiger partial charge in [-0.25, -0.2) is 4.98 Å². The average molecular weight is 190 g/mol. The molecule has 0 fully saturated rings. The van der Waals surface area contributed by atoms with Gasteiger partial charge in [0.25, 0.3) is 0 Å². The van der Waals surface area contributed by atoms with Gasteiger partial charge < -0.3 is 0 Å². The molecule has 0 spiro atoms. The number of nitrogens with zero attached hydrogens (tertiary/aromatic N) is 2. The number of nitriles is 1. The van der Waals surface area contributed by atoms with Gasteiger partial charge in [-0.2, -0.15) is 22.8 Å². The first-order chi connectivity index (χ1) is 5.95. The van der Waals surface area contributed by atoms with E-state index in [1.54, 1.807) is 0 Å². The maximum Gasteiger partial charge on any atom is 0.417 e. The van der Waals surface area contributed by atoms with Crippen LogP contribution in [0.2, 0.25) is 0 Å². The maximum atomic E-state index is 12.3. The summed E-state index contributed by atoms with van der Waals surface area (Å²) in [7, 11) is 0. The lowest BCUT2D eigenvalue weighted by molar-refractivity contribution is -0.138. The minimum Gasteiger partial charge on any atom is -0.227 e. The Kier molecular flexibility index (Phi) is 2.19. The first-order valence-electron chi connectivity index (χ1n) is 3.08. The molecule has 0 aliphatic rings. The summed E-state index contributed by atoms with van der Waals surface area (Å²) in [6.07, 6.45) is -4.17. The Balaban J connectivity index is 3.35. The second-order valence-corrected chi connectivity index (χ2v) is 2.16. The molecule has 1 rings (SSSR count). The fraction of sp³-hybridized carbons (Fsp3) is 0.143. The standard InChI is InChI=1S/C7H2F4N2/c8-6-1-5(7(9,10)11)4(2-12)3-13-6/h1,3H. The predicted octanol–water partition coefficient (Wildman–Crippen LogP) is 2.11. The van der Waals surface area contributed by atoms with Crippen molar-refractivity contribution in [2.45, 2.75) is 6.18 Å². The Morgan fingerprint density at radius 3 is 2.46 bits per heavy atom. The van der Waals surface area contributed by atoms with Crippen molar-refractivity contribution in [1.82, 2.24) is 4.98 Å². The molecule has 0 aromatic carbocycles. The van der Waals surface area contributed by atoms with Crippen LogP contribution in [0.25, 0.3) is 0 Å². The van der Waals surface area contributed by atoms with E-state index in [4.69, 9.17) is 5.26 Å². The van der Waals surface area contributed by atoms with Gasteiger partial charge in [0.2, 0.25) is 5.95 Å². The quantitative estimate of drug-likeness (QED) is 0.464. The number of hydrogen-bond donors (Lipinski definition) is 0. The molecule has 0 radical (unpaired) electrons. The van der Waals surface area contributed by atoms with Crippen LogP contribution in [0.3, 0.4) is 0 Å². The molecule has 0 saturated heterocycles. The monoisotopic (exact) mass is 190 g/mol. The molecule has 2 nitrogen and oxygen atoms in total. The maximum absolute atomic E-state index is 12.3. The van der Waals surface area contributed by atoms with Crippen LogP contribution in [-0.2, 0) is 6.18 Å². The molecule has 1 aromatic rings. The highest BCUT2D eigenvalue weighted by Gasteiger charge is 2.34. The van der Waals surface area contributed by atoms with Crippen molar-refractivity contribution in [3.05, 3.63) is 29.3 Å². The lowest BCUT2D eigenvalue weighted by Gasteiger charge is -2.06. The van der Waals surface area contributed by atoms with Gasteiger partial charge in [-0.3, -0.25) is 0 Å². The molecule has 1 heterocycles. The molecule has 0 aliphatic carbocycles. The lowest BCUT2D eigenvalue weighted by atomic mass is 10.1. The molecule has 6 heteroatoms. The van der Waals surface area contributed by atoms with Crippen LogP contribution in [0, 0.1) is 17.3 Å². The van der Waals surface area contributed by atoms with Crippen molar-refractivity contribution in [2.24, 2.45) is 0 Å². The first-order valence-corrected chi connectivity index (χ1v) is 3.08. The third-order valence-corrected chi connectivity index (χ3v) is 1.30. The second kappa shape index (κ2) is 3.01. The van der Waals surface area contributed by atoms with Gasteiger partial charge in [-0.15, -0.1) is 0 Å². The Hall–Kier alpha value is -1.64. The Morgan fingerprint density at radius 2 is 2.00 bits per heavy atom. The molecule has 0 amide bonds. The van der Waals surface area contributed by atoms with E-state index in [1.165, 1.54) is 6.07 Å². The molecule has 0 atom stereocenters. The van der Waals surface area contributed by atoms with E-state index in [0.717, 1.165) is 0 Å². The number of halogens is 4. The summed E-state index contributed by atoms with van der Waals surface area (Å²) in [4.78, 5) is 2.93. The molecule has 0 saturated carbocycles. The number of alkyl halides is 3. The van der Waals surface area contributed by atoms with Crippen molar-refractivity contribution in [3.8, 4) is 6.07 Å². The second-order valence-electron chi connectivity index (χ2n) is 2.16. The highest BCUT2D eigenvalue weighted by molar-refractivity contribution is 5.36. The molecular weight excluding hydrogens is 188 g/mol. The molecule has 0 N–H and O–H groups in total. The zero-order valence-electron chi connectivity index (χ0n) is 6.06. The first kappa shape index (κ1) is 9.45. The molecule has 0 bridgehead atoms. The molecule has 13 heavy (non-hydrogen) atoms. The zero-order valence-corrected chi connectivity index (χ0v) is 6.06. The van der Waals surface area contributed by atoms with Crippen LogP contribution in [0.4, 0.5) is 17.6 Å². The summed E-state index contributed by atoms with van der Waals surface area (Å²) in [5.41, 5.74) is -1.99. The van der Waals surface area contributed by atoms with E-state index in [1.807, 2.05) is 0 Å². The van der Waals surface area contributed by atoms with Gasteiger partial charge in [0, 0.05) is 12.3 Å². The Morgan fingerprint density at radius 1 is 1.38 bits per heavy atom. The Labute approximate surface area is 70.4 Å².